The molecule has 0 heterocycles. The van der Waals surface area contributed by atoms with Crippen LogP contribution in [0.5, 0.6) is 0 Å². The summed E-state index contributed by atoms with van der Waals surface area (Å²) in [5.74, 6) is -1.41. The molecule has 0 amide bonds. The van der Waals surface area contributed by atoms with Gasteiger partial charge in [-0.15, -0.1) is 0 Å². The van der Waals surface area contributed by atoms with Gasteiger partial charge in [-0.05, 0) is 31.6 Å². The highest BCUT2D eigenvalue weighted by molar-refractivity contribution is 7.47. The highest BCUT2D eigenvalue weighted by Gasteiger charge is 2.30. The zero-order valence-corrected chi connectivity index (χ0v) is 60.1. The first-order chi connectivity index (χ1) is 43.6. The van der Waals surface area contributed by atoms with Crippen LogP contribution in [-0.2, 0) is 65.4 Å². The van der Waals surface area contributed by atoms with Crippen LogP contribution in [0.1, 0.15) is 369 Å². The Hall–Kier alpha value is -1.94. The Morgan fingerprint density at radius 2 is 0.533 bits per heavy atom. The van der Waals surface area contributed by atoms with Crippen LogP contribution < -0.4 is 0 Å². The van der Waals surface area contributed by atoms with Crippen molar-refractivity contribution >= 4 is 39.5 Å². The van der Waals surface area contributed by atoms with Gasteiger partial charge in [0.15, 0.2) is 12.2 Å². The lowest BCUT2D eigenvalue weighted by molar-refractivity contribution is -0.161. The molecule has 3 unspecified atom stereocenters. The molecule has 0 fully saturated rings. The summed E-state index contributed by atoms with van der Waals surface area (Å²) in [4.78, 5) is 72.4. The second-order valence-electron chi connectivity index (χ2n) is 25.9. The summed E-state index contributed by atoms with van der Waals surface area (Å²) in [5, 5.41) is 10.6. The van der Waals surface area contributed by atoms with Gasteiger partial charge in [-0.2, -0.15) is 0 Å². The van der Waals surface area contributed by atoms with Crippen molar-refractivity contribution in [1.29, 1.82) is 0 Å². The Morgan fingerprint density at radius 3 is 0.789 bits per heavy atom. The molecule has 19 heteroatoms. The summed E-state index contributed by atoms with van der Waals surface area (Å²) in [6.07, 6.45) is 51.6. The number of phosphoric ester groups is 2. The number of carbonyl (C=O) groups is 4. The van der Waals surface area contributed by atoms with Crippen molar-refractivity contribution in [3.05, 3.63) is 0 Å². The minimum Gasteiger partial charge on any atom is -0.462 e. The van der Waals surface area contributed by atoms with E-state index in [9.17, 15) is 43.2 Å². The molecule has 0 saturated carbocycles. The van der Waals surface area contributed by atoms with E-state index in [1.165, 1.54) is 186 Å². The van der Waals surface area contributed by atoms with Crippen molar-refractivity contribution in [2.75, 3.05) is 39.6 Å². The first kappa shape index (κ1) is 88.1. The number of ether oxygens (including phenoxy) is 4. The zero-order chi connectivity index (χ0) is 66.3. The molecular weight excluding hydrogens is 1190 g/mol. The van der Waals surface area contributed by atoms with Gasteiger partial charge in [0.1, 0.15) is 19.3 Å². The smallest absolute Gasteiger partial charge is 0.462 e. The maximum absolute atomic E-state index is 13.0. The molecule has 0 aromatic carbocycles. The first-order valence-corrected chi connectivity index (χ1v) is 40.2. The van der Waals surface area contributed by atoms with Crippen molar-refractivity contribution in [1.82, 2.24) is 0 Å². The van der Waals surface area contributed by atoms with Gasteiger partial charge >= 0.3 is 39.5 Å². The third kappa shape index (κ3) is 63.5. The first-order valence-electron chi connectivity index (χ1n) is 37.2. The van der Waals surface area contributed by atoms with Crippen molar-refractivity contribution in [2.45, 2.75) is 387 Å². The Labute approximate surface area is 549 Å². The Bertz CT molecular complexity index is 1740. The second-order valence-corrected chi connectivity index (χ2v) is 28.8. The summed E-state index contributed by atoms with van der Waals surface area (Å²) in [6.45, 7) is 7.17. The molecule has 0 spiro atoms. The normalized spacial score (nSPS) is 14.4. The number of rotatable bonds is 71. The van der Waals surface area contributed by atoms with E-state index >= 15 is 0 Å². The van der Waals surface area contributed by atoms with E-state index in [1.54, 1.807) is 0 Å². The van der Waals surface area contributed by atoms with Crippen molar-refractivity contribution in [2.24, 2.45) is 5.92 Å². The van der Waals surface area contributed by atoms with Gasteiger partial charge in [0.05, 0.1) is 26.4 Å². The van der Waals surface area contributed by atoms with E-state index in [2.05, 4.69) is 34.6 Å². The topological polar surface area (TPSA) is 237 Å². The molecule has 6 atom stereocenters. The largest absolute Gasteiger partial charge is 0.472 e. The van der Waals surface area contributed by atoms with Gasteiger partial charge in [0, 0.05) is 25.7 Å². The number of hydrogen-bond acceptors (Lipinski definition) is 15. The second kappa shape index (κ2) is 64.4. The fourth-order valence-electron chi connectivity index (χ4n) is 10.8. The van der Waals surface area contributed by atoms with Crippen molar-refractivity contribution < 1.29 is 80.2 Å². The fourth-order valence-corrected chi connectivity index (χ4v) is 12.4. The molecule has 0 aromatic heterocycles. The number of aliphatic hydroxyl groups excluding tert-OH is 1. The van der Waals surface area contributed by atoms with Crippen LogP contribution in [0.3, 0.4) is 0 Å². The van der Waals surface area contributed by atoms with E-state index in [0.717, 1.165) is 102 Å². The molecule has 17 nitrogen and oxygen atoms in total. The van der Waals surface area contributed by atoms with Gasteiger partial charge in [-0.1, -0.05) is 317 Å². The summed E-state index contributed by atoms with van der Waals surface area (Å²) in [7, 11) is -9.89. The van der Waals surface area contributed by atoms with Gasteiger partial charge in [-0.25, -0.2) is 9.13 Å². The Kier molecular flexibility index (Phi) is 63.0. The Morgan fingerprint density at radius 1 is 0.311 bits per heavy atom. The highest BCUT2D eigenvalue weighted by Crippen LogP contribution is 2.45. The molecule has 534 valence electrons. The molecule has 0 radical (unpaired) electrons. The molecule has 0 rings (SSSR count). The quantitative estimate of drug-likeness (QED) is 0.0222. The molecule has 0 aromatic rings. The van der Waals surface area contributed by atoms with E-state index < -0.39 is 97.5 Å². The summed E-state index contributed by atoms with van der Waals surface area (Å²) < 4.78 is 68.2. The number of esters is 4. The average Bonchev–Trinajstić information content (AvgIpc) is 3.63. The lowest BCUT2D eigenvalue weighted by Crippen LogP contribution is -2.30. The Balaban J connectivity index is 5.14. The molecule has 3 N–H and O–H groups in total. The summed E-state index contributed by atoms with van der Waals surface area (Å²) in [5.41, 5.74) is 0. The number of unbranched alkanes of at least 4 members (excludes halogenated alkanes) is 42. The van der Waals surface area contributed by atoms with Crippen LogP contribution in [0.15, 0.2) is 0 Å². The number of carbonyl (C=O) groups excluding carboxylic acids is 4. The molecule has 0 aliphatic rings. The van der Waals surface area contributed by atoms with E-state index in [4.69, 9.17) is 37.0 Å². The monoisotopic (exact) mass is 1320 g/mol. The number of aliphatic hydroxyl groups is 1. The average molecular weight is 1330 g/mol. The highest BCUT2D eigenvalue weighted by atomic mass is 31.2. The summed E-state index contributed by atoms with van der Waals surface area (Å²) >= 11 is 0. The van der Waals surface area contributed by atoms with Crippen molar-refractivity contribution in [3.8, 4) is 0 Å². The van der Waals surface area contributed by atoms with Crippen LogP contribution in [-0.4, -0.2) is 96.7 Å². The van der Waals surface area contributed by atoms with E-state index in [-0.39, 0.29) is 25.7 Å². The van der Waals surface area contributed by atoms with Gasteiger partial charge in [-0.3, -0.25) is 37.3 Å². The van der Waals surface area contributed by atoms with Gasteiger partial charge in [0.25, 0.3) is 0 Å². The third-order valence-corrected chi connectivity index (χ3v) is 18.8. The maximum Gasteiger partial charge on any atom is 0.472 e. The summed E-state index contributed by atoms with van der Waals surface area (Å²) in [6, 6.07) is 0. The van der Waals surface area contributed by atoms with Crippen molar-refractivity contribution in [3.63, 3.8) is 0 Å². The minimum atomic E-state index is -4.95. The lowest BCUT2D eigenvalue weighted by atomic mass is 10.00. The molecule has 0 saturated heterocycles. The molecule has 90 heavy (non-hydrogen) atoms. The SMILES string of the molecule is CCCCCCCCCCCCCCCCCCCCCCCC(=O)O[C@H](COC(=O)CCCCCCCCCCCCC)COP(=O)(O)OC[C@@H](O)COP(=O)(O)OC[C@@H](COC(=O)CCCCCCCCCC)OC(=O)CCCCCCCCC(C)CC. The van der Waals surface area contributed by atoms with Gasteiger partial charge < -0.3 is 33.8 Å². The van der Waals surface area contributed by atoms with E-state index in [1.807, 2.05) is 0 Å². The van der Waals surface area contributed by atoms with Crippen LogP contribution in [0, 0.1) is 5.92 Å². The number of hydrogen-bond donors (Lipinski definition) is 3. The fraction of sp³-hybridized carbons (Fsp3) is 0.944. The van der Waals surface area contributed by atoms with Crippen LogP contribution in [0.4, 0.5) is 0 Å². The number of phosphoric acid groups is 2. The standard InChI is InChI=1S/C71H138O17P2/c1-6-10-13-16-19-22-24-25-26-27-28-29-30-31-32-33-35-37-40-46-51-56-70(75)87-66(60-82-69(74)55-50-45-39-36-34-23-20-17-14-11-7-2)62-85-89(77,78)83-58-65(72)59-84-90(79,80)86-63-67(61-81-68(73)54-49-44-38-21-18-15-12-8-3)88-71(76)57-52-47-42-41-43-48-53-64(5)9-4/h64-67,72H,6-63H2,1-5H3,(H,77,78)(H,79,80)/t64?,65-,66-,67-/m1/s1. The van der Waals surface area contributed by atoms with Crippen LogP contribution in [0.2, 0.25) is 0 Å². The minimum absolute atomic E-state index is 0.103. The third-order valence-electron chi connectivity index (χ3n) is 16.9. The van der Waals surface area contributed by atoms with E-state index in [0.29, 0.717) is 25.7 Å². The lowest BCUT2D eigenvalue weighted by Gasteiger charge is -2.21. The molecule has 0 aliphatic carbocycles. The zero-order valence-electron chi connectivity index (χ0n) is 58.3. The molecule has 0 aliphatic heterocycles. The predicted octanol–water partition coefficient (Wildman–Crippen LogP) is 20.5. The van der Waals surface area contributed by atoms with Crippen LogP contribution >= 0.6 is 15.6 Å². The maximum atomic E-state index is 13.0. The predicted molar refractivity (Wildman–Crippen MR) is 363 cm³/mol. The van der Waals surface area contributed by atoms with Crippen LogP contribution in [0.25, 0.3) is 0 Å². The molecular formula is C71H138O17P2. The van der Waals surface area contributed by atoms with Gasteiger partial charge in [0.2, 0.25) is 0 Å². The molecule has 0 bridgehead atoms.